The van der Waals surface area contributed by atoms with E-state index in [0.29, 0.717) is 4.75 Å². The van der Waals surface area contributed by atoms with Crippen LogP contribution in [0.4, 0.5) is 4.39 Å². The Hall–Kier alpha value is -0.540. The van der Waals surface area contributed by atoms with Crippen LogP contribution in [0.2, 0.25) is 0 Å². The maximum absolute atomic E-state index is 13.2. The molecule has 1 fully saturated rings. The first-order valence-electron chi connectivity index (χ1n) is 6.66. The maximum Gasteiger partial charge on any atom is 0.123 e. The van der Waals surface area contributed by atoms with Gasteiger partial charge in [-0.3, -0.25) is 0 Å². The van der Waals surface area contributed by atoms with Crippen LogP contribution in [0.5, 0.6) is 0 Å². The Morgan fingerprint density at radius 3 is 2.72 bits per heavy atom. The lowest BCUT2D eigenvalue weighted by Crippen LogP contribution is -2.34. The molecule has 0 heterocycles. The van der Waals surface area contributed by atoms with E-state index in [1.807, 2.05) is 24.8 Å². The lowest BCUT2D eigenvalue weighted by molar-refractivity contribution is 0.531. The van der Waals surface area contributed by atoms with E-state index < -0.39 is 0 Å². The van der Waals surface area contributed by atoms with Crippen LogP contribution in [0.3, 0.4) is 0 Å². The van der Waals surface area contributed by atoms with Crippen molar-refractivity contribution in [3.05, 3.63) is 35.1 Å². The molecule has 1 aliphatic carbocycles. The second-order valence-electron chi connectivity index (χ2n) is 5.27. The van der Waals surface area contributed by atoms with Gasteiger partial charge in [0, 0.05) is 17.8 Å². The summed E-state index contributed by atoms with van der Waals surface area (Å²) in [6.07, 6.45) is 7.52. The normalized spacial score (nSPS) is 18.2. The first kappa shape index (κ1) is 13.9. The topological polar surface area (TPSA) is 12.0 Å². The van der Waals surface area contributed by atoms with Gasteiger partial charge < -0.3 is 5.32 Å². The van der Waals surface area contributed by atoms with Crippen LogP contribution in [-0.4, -0.2) is 17.5 Å². The van der Waals surface area contributed by atoms with Crippen LogP contribution in [0.25, 0.3) is 0 Å². The van der Waals surface area contributed by atoms with Crippen LogP contribution >= 0.6 is 11.8 Å². The van der Waals surface area contributed by atoms with E-state index in [1.54, 1.807) is 6.07 Å². The van der Waals surface area contributed by atoms with Gasteiger partial charge in [-0.1, -0.05) is 18.9 Å². The summed E-state index contributed by atoms with van der Waals surface area (Å²) in [5, 5.41) is 3.52. The number of benzene rings is 1. The quantitative estimate of drug-likeness (QED) is 0.868. The molecule has 1 N–H and O–H groups in total. The predicted molar refractivity (Wildman–Crippen MR) is 77.6 cm³/mol. The third-order valence-electron chi connectivity index (χ3n) is 4.02. The van der Waals surface area contributed by atoms with Crippen LogP contribution in [0.1, 0.15) is 36.8 Å². The molecule has 0 radical (unpaired) electrons. The second kappa shape index (κ2) is 6.07. The van der Waals surface area contributed by atoms with Gasteiger partial charge in [0.25, 0.3) is 0 Å². The average molecular weight is 267 g/mol. The minimum absolute atomic E-state index is 0.141. The summed E-state index contributed by atoms with van der Waals surface area (Å²) >= 11 is 1.99. The third-order valence-corrected chi connectivity index (χ3v) is 5.44. The van der Waals surface area contributed by atoms with Crippen molar-refractivity contribution >= 4 is 11.8 Å². The van der Waals surface area contributed by atoms with Crippen molar-refractivity contribution < 1.29 is 4.39 Å². The van der Waals surface area contributed by atoms with E-state index >= 15 is 0 Å². The molecule has 2 rings (SSSR count). The molecule has 0 aromatic heterocycles. The van der Waals surface area contributed by atoms with Gasteiger partial charge >= 0.3 is 0 Å². The fourth-order valence-corrected chi connectivity index (χ4v) is 3.67. The number of nitrogens with one attached hydrogen (secondary N) is 1. The van der Waals surface area contributed by atoms with Crippen molar-refractivity contribution in [3.63, 3.8) is 0 Å². The van der Waals surface area contributed by atoms with Crippen LogP contribution in [-0.2, 0) is 6.54 Å². The SMILES string of the molecule is CSC1(CNCc2cc(F)ccc2C)CCCC1. The van der Waals surface area contributed by atoms with Gasteiger partial charge in [0.05, 0.1) is 0 Å². The summed E-state index contributed by atoms with van der Waals surface area (Å²) in [7, 11) is 0. The zero-order valence-corrected chi connectivity index (χ0v) is 12.1. The summed E-state index contributed by atoms with van der Waals surface area (Å²) < 4.78 is 13.6. The average Bonchev–Trinajstić information content (AvgIpc) is 2.83. The van der Waals surface area contributed by atoms with Gasteiger partial charge in [-0.05, 0) is 49.3 Å². The van der Waals surface area contributed by atoms with Crippen LogP contribution in [0, 0.1) is 12.7 Å². The highest BCUT2D eigenvalue weighted by Gasteiger charge is 2.32. The molecule has 0 saturated heterocycles. The molecule has 0 atom stereocenters. The lowest BCUT2D eigenvalue weighted by atomic mass is 10.1. The number of aryl methyl sites for hydroxylation is 1. The van der Waals surface area contributed by atoms with E-state index in [2.05, 4.69) is 11.6 Å². The highest BCUT2D eigenvalue weighted by molar-refractivity contribution is 8.00. The first-order chi connectivity index (χ1) is 8.65. The molecule has 1 aromatic carbocycles. The Bertz CT molecular complexity index is 399. The van der Waals surface area contributed by atoms with E-state index in [9.17, 15) is 4.39 Å². The molecular formula is C15H22FNS. The fourth-order valence-electron chi connectivity index (χ4n) is 2.73. The Labute approximate surface area is 114 Å². The van der Waals surface area contributed by atoms with E-state index in [1.165, 1.54) is 31.7 Å². The highest BCUT2D eigenvalue weighted by Crippen LogP contribution is 2.39. The largest absolute Gasteiger partial charge is 0.311 e. The molecule has 0 amide bonds. The van der Waals surface area contributed by atoms with Gasteiger partial charge in [0.2, 0.25) is 0 Å². The highest BCUT2D eigenvalue weighted by atomic mass is 32.2. The molecule has 1 nitrogen and oxygen atoms in total. The molecule has 0 bridgehead atoms. The Balaban J connectivity index is 1.89. The zero-order valence-electron chi connectivity index (χ0n) is 11.3. The molecule has 0 aliphatic heterocycles. The molecule has 3 heteroatoms. The third kappa shape index (κ3) is 3.27. The molecule has 18 heavy (non-hydrogen) atoms. The molecule has 0 spiro atoms. The second-order valence-corrected chi connectivity index (χ2v) is 6.54. The molecular weight excluding hydrogens is 245 g/mol. The maximum atomic E-state index is 13.2. The first-order valence-corrected chi connectivity index (χ1v) is 7.89. The summed E-state index contributed by atoms with van der Waals surface area (Å²) in [6.45, 7) is 3.84. The number of halogens is 1. The van der Waals surface area contributed by atoms with Crippen molar-refractivity contribution in [2.24, 2.45) is 0 Å². The van der Waals surface area contributed by atoms with Gasteiger partial charge in [-0.15, -0.1) is 0 Å². The van der Waals surface area contributed by atoms with Crippen molar-refractivity contribution in [2.45, 2.75) is 43.9 Å². The van der Waals surface area contributed by atoms with Crippen LogP contribution in [0.15, 0.2) is 18.2 Å². The van der Waals surface area contributed by atoms with Gasteiger partial charge in [0.15, 0.2) is 0 Å². The van der Waals surface area contributed by atoms with Crippen molar-refractivity contribution in [3.8, 4) is 0 Å². The molecule has 100 valence electrons. The number of hydrogen-bond donors (Lipinski definition) is 1. The van der Waals surface area contributed by atoms with Gasteiger partial charge in [0.1, 0.15) is 5.82 Å². The number of rotatable bonds is 5. The number of hydrogen-bond acceptors (Lipinski definition) is 2. The van der Waals surface area contributed by atoms with Crippen LogP contribution < -0.4 is 5.32 Å². The van der Waals surface area contributed by atoms with Gasteiger partial charge in [-0.2, -0.15) is 11.8 Å². The fraction of sp³-hybridized carbons (Fsp3) is 0.600. The molecule has 1 aromatic rings. The van der Waals surface area contributed by atoms with Crippen molar-refractivity contribution in [1.29, 1.82) is 0 Å². The van der Waals surface area contributed by atoms with Crippen molar-refractivity contribution in [2.75, 3.05) is 12.8 Å². The van der Waals surface area contributed by atoms with E-state index in [-0.39, 0.29) is 5.82 Å². The summed E-state index contributed by atoms with van der Waals surface area (Å²) in [4.78, 5) is 0. The summed E-state index contributed by atoms with van der Waals surface area (Å²) in [5.74, 6) is -0.141. The Morgan fingerprint density at radius 1 is 1.33 bits per heavy atom. The zero-order chi connectivity index (χ0) is 13.0. The molecule has 1 aliphatic rings. The van der Waals surface area contributed by atoms with E-state index in [0.717, 1.165) is 24.2 Å². The monoisotopic (exact) mass is 267 g/mol. The van der Waals surface area contributed by atoms with Gasteiger partial charge in [-0.25, -0.2) is 4.39 Å². The van der Waals surface area contributed by atoms with E-state index in [4.69, 9.17) is 0 Å². The molecule has 1 saturated carbocycles. The Kier molecular flexibility index (Phi) is 4.68. The number of thioether (sulfide) groups is 1. The molecule has 0 unspecified atom stereocenters. The Morgan fingerprint density at radius 2 is 2.06 bits per heavy atom. The standard InChI is InChI=1S/C15H22FNS/c1-12-5-6-14(16)9-13(12)10-17-11-15(18-2)7-3-4-8-15/h5-6,9,17H,3-4,7-8,10-11H2,1-2H3. The minimum Gasteiger partial charge on any atom is -0.311 e. The summed E-state index contributed by atoms with van der Waals surface area (Å²) in [5.41, 5.74) is 2.23. The predicted octanol–water partition coefficient (Wildman–Crippen LogP) is 3.90. The minimum atomic E-state index is -0.141. The lowest BCUT2D eigenvalue weighted by Gasteiger charge is -2.27. The smallest absolute Gasteiger partial charge is 0.123 e. The summed E-state index contributed by atoms with van der Waals surface area (Å²) in [6, 6.07) is 5.02. The van der Waals surface area contributed by atoms with Crippen molar-refractivity contribution in [1.82, 2.24) is 5.32 Å².